The topological polar surface area (TPSA) is 142 Å². The number of rotatable bonds is 6. The van der Waals surface area contributed by atoms with Gasteiger partial charge in [0.15, 0.2) is 17.8 Å². The zero-order chi connectivity index (χ0) is 24.3. The molecule has 0 amide bonds. The molecule has 3 N–H and O–H groups in total. The molecule has 0 aliphatic carbocycles. The van der Waals surface area contributed by atoms with Gasteiger partial charge in [0, 0.05) is 29.1 Å². The number of carbonyl (C=O) groups is 1. The maximum atomic E-state index is 10.8. The largest absolute Gasteiger partial charge is 0.472 e. The summed E-state index contributed by atoms with van der Waals surface area (Å²) in [5, 5.41) is 22.7. The normalized spacial score (nSPS) is 10.2. The van der Waals surface area contributed by atoms with Crippen LogP contribution in [0.2, 0.25) is 0 Å². The van der Waals surface area contributed by atoms with Crippen molar-refractivity contribution in [2.24, 2.45) is 5.73 Å². The molecule has 0 atom stereocenters. The summed E-state index contributed by atoms with van der Waals surface area (Å²) in [5.41, 5.74) is 7.11. The lowest BCUT2D eigenvalue weighted by atomic mass is 10.2. The molecule has 0 bridgehead atoms. The lowest BCUT2D eigenvalue weighted by molar-refractivity contribution is 0.112. The van der Waals surface area contributed by atoms with Gasteiger partial charge in [-0.3, -0.25) is 9.78 Å². The molecule has 4 heterocycles. The highest BCUT2D eigenvalue weighted by atomic mass is 16.5. The number of hydrogen-bond acceptors (Lipinski definition) is 9. The predicted octanol–water partition coefficient (Wildman–Crippen LogP) is 3.29. The van der Waals surface area contributed by atoms with Crippen LogP contribution in [0.15, 0.2) is 65.6 Å². The molecule has 10 heteroatoms. The molecule has 5 aromatic rings. The van der Waals surface area contributed by atoms with Gasteiger partial charge in [-0.05, 0) is 37.7 Å². The second-order valence-corrected chi connectivity index (χ2v) is 6.83. The van der Waals surface area contributed by atoms with E-state index < -0.39 is 0 Å². The summed E-state index contributed by atoms with van der Waals surface area (Å²) in [5.74, 6) is 1.00. The second-order valence-electron chi connectivity index (χ2n) is 6.83. The van der Waals surface area contributed by atoms with Gasteiger partial charge in [0.05, 0.1) is 17.5 Å². The number of ether oxygens (including phenoxy) is 1. The third kappa shape index (κ3) is 5.42. The Kier molecular flexibility index (Phi) is 8.78. The Bertz CT molecular complexity index is 1320. The number of carbonyl (C=O) groups excluding carboxylic acids is 1. The summed E-state index contributed by atoms with van der Waals surface area (Å²) in [6.45, 7) is 2.46. The summed E-state index contributed by atoms with van der Waals surface area (Å²) >= 11 is 0. The van der Waals surface area contributed by atoms with E-state index in [1.165, 1.54) is 13.2 Å². The van der Waals surface area contributed by atoms with Crippen molar-refractivity contribution in [2.75, 3.05) is 13.7 Å². The van der Waals surface area contributed by atoms with Crippen LogP contribution >= 0.6 is 0 Å². The first-order valence-electron chi connectivity index (χ1n) is 10.6. The van der Waals surface area contributed by atoms with Crippen molar-refractivity contribution in [3.8, 4) is 17.3 Å². The molecule has 0 unspecified atom stereocenters. The lowest BCUT2D eigenvalue weighted by Gasteiger charge is -2.09. The number of aldehydes is 1. The van der Waals surface area contributed by atoms with Crippen molar-refractivity contribution in [3.05, 3.63) is 72.4 Å². The Morgan fingerprint density at radius 3 is 2.50 bits per heavy atom. The zero-order valence-corrected chi connectivity index (χ0v) is 19.0. The Morgan fingerprint density at radius 2 is 1.88 bits per heavy atom. The highest BCUT2D eigenvalue weighted by Gasteiger charge is 2.16. The van der Waals surface area contributed by atoms with E-state index in [2.05, 4.69) is 26.0 Å². The molecule has 34 heavy (non-hydrogen) atoms. The van der Waals surface area contributed by atoms with Gasteiger partial charge in [-0.2, -0.15) is 4.52 Å². The predicted molar refractivity (Wildman–Crippen MR) is 127 cm³/mol. The van der Waals surface area contributed by atoms with Crippen LogP contribution in [0.5, 0.6) is 5.88 Å². The molecule has 0 spiro atoms. The van der Waals surface area contributed by atoms with Gasteiger partial charge in [-0.25, -0.2) is 0 Å². The van der Waals surface area contributed by atoms with Crippen molar-refractivity contribution in [2.45, 2.75) is 20.0 Å². The molecule has 0 fully saturated rings. The Balaban J connectivity index is 0.000000492. The van der Waals surface area contributed by atoms with Gasteiger partial charge in [-0.15, -0.1) is 15.3 Å². The number of hydrogen-bond donors (Lipinski definition) is 2. The van der Waals surface area contributed by atoms with Crippen molar-refractivity contribution in [3.63, 3.8) is 0 Å². The van der Waals surface area contributed by atoms with E-state index in [1.54, 1.807) is 35.2 Å². The number of nitrogens with zero attached hydrogens (tertiary/aromatic N) is 5. The summed E-state index contributed by atoms with van der Waals surface area (Å²) in [6.07, 6.45) is 6.30. The Hall–Kier alpha value is -4.15. The summed E-state index contributed by atoms with van der Waals surface area (Å²) in [7, 11) is 1.50. The van der Waals surface area contributed by atoms with Crippen LogP contribution in [-0.4, -0.2) is 49.8 Å². The van der Waals surface area contributed by atoms with Crippen LogP contribution in [0.3, 0.4) is 0 Å². The molecule has 1 aromatic carbocycles. The molecule has 176 valence electrons. The van der Waals surface area contributed by atoms with Gasteiger partial charge in [0.25, 0.3) is 0 Å². The number of aromatic nitrogens is 5. The zero-order valence-electron chi connectivity index (χ0n) is 19.0. The van der Waals surface area contributed by atoms with E-state index in [-0.39, 0.29) is 6.61 Å². The number of furan rings is 1. The quantitative estimate of drug-likeness (QED) is 0.363. The lowest BCUT2D eigenvalue weighted by Crippen LogP contribution is -2.04. The third-order valence-corrected chi connectivity index (χ3v) is 4.57. The van der Waals surface area contributed by atoms with Gasteiger partial charge >= 0.3 is 0 Å². The highest BCUT2D eigenvalue weighted by Crippen LogP contribution is 2.29. The highest BCUT2D eigenvalue weighted by molar-refractivity contribution is 5.97. The number of aliphatic hydroxyl groups is 1. The van der Waals surface area contributed by atoms with Gasteiger partial charge < -0.3 is 20.0 Å². The number of fused-ring (bicyclic) bond motifs is 3. The first-order chi connectivity index (χ1) is 16.7. The van der Waals surface area contributed by atoms with Crippen LogP contribution in [0.1, 0.15) is 29.4 Å². The number of nitrogens with two attached hydrogens (primary N) is 1. The molecular weight excluding hydrogens is 436 g/mol. The van der Waals surface area contributed by atoms with E-state index in [0.717, 1.165) is 29.0 Å². The average Bonchev–Trinajstić information content (AvgIpc) is 3.59. The van der Waals surface area contributed by atoms with Gasteiger partial charge in [0.2, 0.25) is 5.88 Å². The minimum atomic E-state index is 0.213. The molecule has 10 nitrogen and oxygen atoms in total. The van der Waals surface area contributed by atoms with Gasteiger partial charge in [0.1, 0.15) is 12.9 Å². The van der Waals surface area contributed by atoms with E-state index >= 15 is 0 Å². The van der Waals surface area contributed by atoms with Crippen LogP contribution in [0.25, 0.3) is 27.8 Å². The number of pyridine rings is 1. The first kappa shape index (κ1) is 24.5. The summed E-state index contributed by atoms with van der Waals surface area (Å²) in [6, 6.07) is 13.0. The first-order valence-corrected chi connectivity index (χ1v) is 10.6. The minimum Gasteiger partial charge on any atom is -0.472 e. The molecule has 0 radical (unpaired) electrons. The molecule has 0 saturated carbocycles. The van der Waals surface area contributed by atoms with Crippen LogP contribution in [0.4, 0.5) is 0 Å². The Morgan fingerprint density at radius 1 is 1.12 bits per heavy atom. The molecule has 4 aromatic heterocycles. The van der Waals surface area contributed by atoms with Gasteiger partial charge in [-0.1, -0.05) is 25.1 Å². The van der Waals surface area contributed by atoms with E-state index in [9.17, 15) is 4.79 Å². The van der Waals surface area contributed by atoms with Crippen LogP contribution in [-0.2, 0) is 6.61 Å². The smallest absolute Gasteiger partial charge is 0.240 e. The summed E-state index contributed by atoms with van der Waals surface area (Å²) < 4.78 is 12.8. The fourth-order valence-corrected chi connectivity index (χ4v) is 2.96. The van der Waals surface area contributed by atoms with Crippen molar-refractivity contribution >= 4 is 22.7 Å². The van der Waals surface area contributed by atoms with E-state index in [1.807, 2.05) is 31.2 Å². The number of benzene rings is 1. The SMILES string of the molecule is CCCO.CN.O=Cc1ccc(COc2nn3c(-c4ccoc4)nnc3c3ccccc23)nc1. The van der Waals surface area contributed by atoms with Crippen molar-refractivity contribution < 1.29 is 19.1 Å². The standard InChI is InChI=1S/C20H13N5O3.C3H8O.CH5N/c26-10-13-5-6-15(21-9-13)12-28-20-17-4-2-1-3-16(17)19-23-22-18(25(19)24-20)14-7-8-27-11-14;1-2-3-4;1-2/h1-11H,12H2;4H,2-3H2,1H3;2H2,1H3. The third-order valence-electron chi connectivity index (χ3n) is 4.57. The summed E-state index contributed by atoms with van der Waals surface area (Å²) in [4.78, 5) is 15.0. The molecule has 0 aliphatic heterocycles. The fraction of sp³-hybridized carbons (Fsp3) is 0.208. The Labute approximate surface area is 196 Å². The van der Waals surface area contributed by atoms with E-state index in [0.29, 0.717) is 35.2 Å². The molecule has 5 rings (SSSR count). The minimum absolute atomic E-state index is 0.213. The number of aliphatic hydroxyl groups excluding tert-OH is 1. The maximum absolute atomic E-state index is 10.8. The average molecular weight is 463 g/mol. The molecule has 0 aliphatic rings. The monoisotopic (exact) mass is 462 g/mol. The molecule has 0 saturated heterocycles. The van der Waals surface area contributed by atoms with Crippen molar-refractivity contribution in [1.82, 2.24) is 24.8 Å². The fourth-order valence-electron chi connectivity index (χ4n) is 2.96. The molecular formula is C24H26N6O4. The van der Waals surface area contributed by atoms with E-state index in [4.69, 9.17) is 14.3 Å². The second kappa shape index (κ2) is 12.2. The van der Waals surface area contributed by atoms with Crippen LogP contribution in [0, 0.1) is 0 Å². The van der Waals surface area contributed by atoms with Crippen LogP contribution < -0.4 is 10.5 Å². The van der Waals surface area contributed by atoms with Crippen molar-refractivity contribution in [1.29, 1.82) is 0 Å². The maximum Gasteiger partial charge on any atom is 0.240 e.